The van der Waals surface area contributed by atoms with Crippen LogP contribution in [0.4, 0.5) is 5.69 Å². The number of nitrogens with one attached hydrogen (secondary N) is 2. The van der Waals surface area contributed by atoms with Crippen LogP contribution in [0, 0.1) is 0 Å². The first kappa shape index (κ1) is 27.7. The second-order valence-electron chi connectivity index (χ2n) is 8.32. The Morgan fingerprint density at radius 2 is 1.41 bits per heavy atom. The molecule has 0 radical (unpaired) electrons. The molecule has 0 fully saturated rings. The van der Waals surface area contributed by atoms with Gasteiger partial charge in [0, 0.05) is 29.9 Å². The predicted octanol–water partition coefficient (Wildman–Crippen LogP) is 5.53. The highest BCUT2D eigenvalue weighted by Crippen LogP contribution is 2.15. The molecule has 0 spiro atoms. The molecule has 0 saturated carbocycles. The van der Waals surface area contributed by atoms with Gasteiger partial charge in [0.25, 0.3) is 11.8 Å². The number of carbonyl (C=O) groups is 2. The average molecular weight is 520 g/mol. The van der Waals surface area contributed by atoms with Crippen LogP contribution >= 0.6 is 12.2 Å². The fourth-order valence-electron chi connectivity index (χ4n) is 3.63. The van der Waals surface area contributed by atoms with Crippen LogP contribution in [0.5, 0.6) is 11.5 Å². The highest BCUT2D eigenvalue weighted by Gasteiger charge is 2.14. The summed E-state index contributed by atoms with van der Waals surface area (Å²) in [6.45, 7) is 6.31. The Balaban J connectivity index is 1.48. The quantitative estimate of drug-likeness (QED) is 0.242. The lowest BCUT2D eigenvalue weighted by Gasteiger charge is -2.21. The standard InChI is InChI=1S/C29H33N3O4S/c1-3-17-32(18-4-2)28(34)22-13-15-24(16-14-22)30-29(37)31-27(33)23-9-8-12-26(21-23)36-20-19-35-25-10-6-5-7-11-25/h5-16,21H,3-4,17-20H2,1-2H3,(H2,30,31,33,37). The third-order valence-corrected chi connectivity index (χ3v) is 5.56. The van der Waals surface area contributed by atoms with Crippen LogP contribution in [-0.4, -0.2) is 48.1 Å². The third-order valence-electron chi connectivity index (χ3n) is 5.35. The van der Waals surface area contributed by atoms with Crippen molar-refractivity contribution in [3.8, 4) is 11.5 Å². The van der Waals surface area contributed by atoms with E-state index >= 15 is 0 Å². The van der Waals surface area contributed by atoms with Crippen LogP contribution in [0.2, 0.25) is 0 Å². The van der Waals surface area contributed by atoms with Crippen LogP contribution in [0.15, 0.2) is 78.9 Å². The molecule has 3 rings (SSSR count). The number of para-hydroxylation sites is 1. The molecule has 0 aliphatic carbocycles. The van der Waals surface area contributed by atoms with E-state index in [1.165, 1.54) is 0 Å². The van der Waals surface area contributed by atoms with E-state index in [2.05, 4.69) is 24.5 Å². The minimum absolute atomic E-state index is 0.0138. The van der Waals surface area contributed by atoms with Crippen LogP contribution in [-0.2, 0) is 0 Å². The molecule has 0 aromatic heterocycles. The summed E-state index contributed by atoms with van der Waals surface area (Å²) in [4.78, 5) is 27.3. The molecule has 0 saturated heterocycles. The van der Waals surface area contributed by atoms with Crippen LogP contribution < -0.4 is 20.1 Å². The maximum Gasteiger partial charge on any atom is 0.257 e. The molecule has 0 bridgehead atoms. The van der Waals surface area contributed by atoms with E-state index < -0.39 is 0 Å². The minimum atomic E-state index is -0.356. The first-order valence-electron chi connectivity index (χ1n) is 12.4. The van der Waals surface area contributed by atoms with Gasteiger partial charge in [0.15, 0.2) is 5.11 Å². The number of rotatable bonds is 12. The summed E-state index contributed by atoms with van der Waals surface area (Å²) in [5.74, 6) is 0.991. The summed E-state index contributed by atoms with van der Waals surface area (Å²) in [6, 6.07) is 23.4. The number of amides is 2. The fraction of sp³-hybridized carbons (Fsp3) is 0.276. The van der Waals surface area contributed by atoms with Gasteiger partial charge in [0.2, 0.25) is 0 Å². The Morgan fingerprint density at radius 1 is 0.784 bits per heavy atom. The number of benzene rings is 3. The van der Waals surface area contributed by atoms with Crippen molar-refractivity contribution in [2.24, 2.45) is 0 Å². The molecule has 37 heavy (non-hydrogen) atoms. The largest absolute Gasteiger partial charge is 0.490 e. The highest BCUT2D eigenvalue weighted by atomic mass is 32.1. The van der Waals surface area contributed by atoms with E-state index in [0.717, 1.165) is 31.7 Å². The Labute approximate surface area is 223 Å². The smallest absolute Gasteiger partial charge is 0.257 e. The topological polar surface area (TPSA) is 79.9 Å². The molecule has 0 heterocycles. The van der Waals surface area contributed by atoms with Crippen molar-refractivity contribution in [3.63, 3.8) is 0 Å². The van der Waals surface area contributed by atoms with Gasteiger partial charge in [-0.25, -0.2) is 0 Å². The number of anilines is 1. The van der Waals surface area contributed by atoms with Crippen molar-refractivity contribution in [1.82, 2.24) is 10.2 Å². The molecule has 2 N–H and O–H groups in total. The normalized spacial score (nSPS) is 10.3. The lowest BCUT2D eigenvalue weighted by Crippen LogP contribution is -2.34. The third kappa shape index (κ3) is 8.91. The van der Waals surface area contributed by atoms with Crippen molar-refractivity contribution < 1.29 is 19.1 Å². The molecule has 0 unspecified atom stereocenters. The zero-order valence-corrected chi connectivity index (χ0v) is 22.1. The van der Waals surface area contributed by atoms with Crippen LogP contribution in [0.3, 0.4) is 0 Å². The maximum absolute atomic E-state index is 12.7. The van der Waals surface area contributed by atoms with Gasteiger partial charge in [-0.05, 0) is 79.7 Å². The zero-order chi connectivity index (χ0) is 26.5. The molecule has 3 aromatic carbocycles. The highest BCUT2D eigenvalue weighted by molar-refractivity contribution is 7.80. The van der Waals surface area contributed by atoms with Gasteiger partial charge in [-0.1, -0.05) is 38.1 Å². The van der Waals surface area contributed by atoms with Gasteiger partial charge in [-0.15, -0.1) is 0 Å². The summed E-state index contributed by atoms with van der Waals surface area (Å²) in [5.41, 5.74) is 1.71. The van der Waals surface area contributed by atoms with Gasteiger partial charge in [-0.3, -0.25) is 14.9 Å². The Bertz CT molecular complexity index is 1160. The summed E-state index contributed by atoms with van der Waals surface area (Å²) < 4.78 is 11.3. The second kappa shape index (κ2) is 14.6. The summed E-state index contributed by atoms with van der Waals surface area (Å²) in [6.07, 6.45) is 1.83. The van der Waals surface area contributed by atoms with Crippen molar-refractivity contribution in [3.05, 3.63) is 90.0 Å². The number of hydrogen-bond acceptors (Lipinski definition) is 5. The molecule has 2 amide bonds. The first-order valence-corrected chi connectivity index (χ1v) is 12.8. The number of nitrogens with zero attached hydrogens (tertiary/aromatic N) is 1. The van der Waals surface area contributed by atoms with Crippen LogP contribution in [0.25, 0.3) is 0 Å². The average Bonchev–Trinajstić information content (AvgIpc) is 2.92. The molecular formula is C29H33N3O4S. The van der Waals surface area contributed by atoms with E-state index in [9.17, 15) is 9.59 Å². The van der Waals surface area contributed by atoms with Crippen molar-refractivity contribution in [2.75, 3.05) is 31.6 Å². The maximum atomic E-state index is 12.7. The molecule has 7 nitrogen and oxygen atoms in total. The number of ether oxygens (including phenoxy) is 2. The first-order chi connectivity index (χ1) is 18.0. The Morgan fingerprint density at radius 3 is 2.05 bits per heavy atom. The van der Waals surface area contributed by atoms with E-state index in [4.69, 9.17) is 21.7 Å². The Kier molecular flexibility index (Phi) is 10.9. The monoisotopic (exact) mass is 519 g/mol. The fourth-order valence-corrected chi connectivity index (χ4v) is 3.84. The number of hydrogen-bond donors (Lipinski definition) is 2. The molecular weight excluding hydrogens is 486 g/mol. The number of thiocarbonyl (C=S) groups is 1. The summed E-state index contributed by atoms with van der Waals surface area (Å²) in [7, 11) is 0. The lowest BCUT2D eigenvalue weighted by molar-refractivity contribution is 0.0755. The molecule has 0 atom stereocenters. The van der Waals surface area contributed by atoms with E-state index in [1.54, 1.807) is 48.5 Å². The zero-order valence-electron chi connectivity index (χ0n) is 21.2. The van der Waals surface area contributed by atoms with E-state index in [-0.39, 0.29) is 16.9 Å². The van der Waals surface area contributed by atoms with Gasteiger partial charge >= 0.3 is 0 Å². The SMILES string of the molecule is CCCN(CCC)C(=O)c1ccc(NC(=S)NC(=O)c2cccc(OCCOc3ccccc3)c2)cc1. The number of carbonyl (C=O) groups excluding carboxylic acids is 2. The lowest BCUT2D eigenvalue weighted by atomic mass is 10.1. The molecule has 3 aromatic rings. The predicted molar refractivity (Wildman–Crippen MR) is 150 cm³/mol. The molecule has 8 heteroatoms. The van der Waals surface area contributed by atoms with Crippen molar-refractivity contribution in [2.45, 2.75) is 26.7 Å². The molecule has 0 aliphatic rings. The van der Waals surface area contributed by atoms with Gasteiger partial charge in [-0.2, -0.15) is 0 Å². The minimum Gasteiger partial charge on any atom is -0.490 e. The van der Waals surface area contributed by atoms with Crippen molar-refractivity contribution in [1.29, 1.82) is 0 Å². The van der Waals surface area contributed by atoms with Crippen LogP contribution in [0.1, 0.15) is 47.4 Å². The van der Waals surface area contributed by atoms with E-state index in [1.807, 2.05) is 35.2 Å². The molecule has 194 valence electrons. The second-order valence-corrected chi connectivity index (χ2v) is 8.72. The van der Waals surface area contributed by atoms with Gasteiger partial charge in [0.1, 0.15) is 24.7 Å². The van der Waals surface area contributed by atoms with Gasteiger partial charge < -0.3 is 19.7 Å². The molecule has 0 aliphatic heterocycles. The van der Waals surface area contributed by atoms with Gasteiger partial charge in [0.05, 0.1) is 0 Å². The van der Waals surface area contributed by atoms with Crippen molar-refractivity contribution >= 4 is 34.8 Å². The summed E-state index contributed by atoms with van der Waals surface area (Å²) >= 11 is 5.31. The summed E-state index contributed by atoms with van der Waals surface area (Å²) in [5, 5.41) is 5.82. The Hall–Kier alpha value is -3.91. The van der Waals surface area contributed by atoms with E-state index in [0.29, 0.717) is 35.8 Å².